The summed E-state index contributed by atoms with van der Waals surface area (Å²) in [4.78, 5) is 27.3. The molecule has 1 heterocycles. The van der Waals surface area contributed by atoms with Crippen molar-refractivity contribution in [3.05, 3.63) is 27.4 Å². The number of hydrogen-bond acceptors (Lipinski definition) is 4. The largest absolute Gasteiger partial charge is 0.481 e. The van der Waals surface area contributed by atoms with Gasteiger partial charge in [-0.05, 0) is 32.3 Å². The van der Waals surface area contributed by atoms with Crippen LogP contribution in [0.2, 0.25) is 0 Å². The van der Waals surface area contributed by atoms with Crippen LogP contribution in [0, 0.1) is 19.8 Å². The summed E-state index contributed by atoms with van der Waals surface area (Å²) in [5.74, 6) is -1.37. The van der Waals surface area contributed by atoms with E-state index in [-0.39, 0.29) is 11.7 Å². The molecule has 1 rings (SSSR count). The lowest BCUT2D eigenvalue weighted by atomic mass is 9.98. The molecule has 0 aliphatic heterocycles. The third kappa shape index (κ3) is 3.91. The maximum absolute atomic E-state index is 12.2. The number of carbonyl (C=O) groups is 1. The maximum atomic E-state index is 12.2. The van der Waals surface area contributed by atoms with Crippen LogP contribution in [0.5, 0.6) is 0 Å². The number of aromatic nitrogens is 2. The second-order valence-corrected chi connectivity index (χ2v) is 5.37. The highest BCUT2D eigenvalue weighted by atomic mass is 16.5. The van der Waals surface area contributed by atoms with Crippen LogP contribution in [0.25, 0.3) is 0 Å². The molecule has 0 aliphatic rings. The molecule has 0 fully saturated rings. The van der Waals surface area contributed by atoms with Crippen LogP contribution in [-0.4, -0.2) is 34.3 Å². The van der Waals surface area contributed by atoms with Gasteiger partial charge in [-0.15, -0.1) is 0 Å². The Morgan fingerprint density at radius 2 is 2.05 bits per heavy atom. The molecule has 0 radical (unpaired) electrons. The number of aryl methyl sites for hydroxylation is 1. The van der Waals surface area contributed by atoms with Gasteiger partial charge in [-0.2, -0.15) is 4.98 Å². The fourth-order valence-electron chi connectivity index (χ4n) is 2.50. The Kier molecular flexibility index (Phi) is 6.08. The van der Waals surface area contributed by atoms with Crippen molar-refractivity contribution in [1.29, 1.82) is 0 Å². The molecule has 0 saturated carbocycles. The minimum Gasteiger partial charge on any atom is -0.481 e. The number of nitrogens with zero attached hydrogens (tertiary/aromatic N) is 2. The van der Waals surface area contributed by atoms with Gasteiger partial charge in [0.1, 0.15) is 0 Å². The van der Waals surface area contributed by atoms with Gasteiger partial charge in [0, 0.05) is 18.5 Å². The van der Waals surface area contributed by atoms with Gasteiger partial charge in [0.2, 0.25) is 0 Å². The minimum absolute atomic E-state index is 0.0884. The molecule has 1 aromatic rings. The molecule has 0 bridgehead atoms. The Hall–Kier alpha value is -1.69. The van der Waals surface area contributed by atoms with Crippen molar-refractivity contribution in [3.63, 3.8) is 0 Å². The van der Waals surface area contributed by atoms with Crippen LogP contribution in [-0.2, 0) is 16.0 Å². The predicted octanol–water partition coefficient (Wildman–Crippen LogP) is 1.72. The van der Waals surface area contributed by atoms with Gasteiger partial charge in [-0.3, -0.25) is 9.36 Å². The Bertz CT molecular complexity index is 566. The Morgan fingerprint density at radius 3 is 2.52 bits per heavy atom. The maximum Gasteiger partial charge on any atom is 0.348 e. The molecule has 2 atom stereocenters. The van der Waals surface area contributed by atoms with Crippen molar-refractivity contribution in [1.82, 2.24) is 9.55 Å². The van der Waals surface area contributed by atoms with Crippen molar-refractivity contribution < 1.29 is 14.6 Å². The summed E-state index contributed by atoms with van der Waals surface area (Å²) in [5, 5.41) is 9.08. The number of rotatable bonds is 7. The zero-order chi connectivity index (χ0) is 16.2. The summed E-state index contributed by atoms with van der Waals surface area (Å²) in [6, 6.07) is -0.0884. The van der Waals surface area contributed by atoms with E-state index in [1.165, 1.54) is 0 Å². The van der Waals surface area contributed by atoms with E-state index in [9.17, 15) is 9.59 Å². The second kappa shape index (κ2) is 7.36. The van der Waals surface area contributed by atoms with E-state index in [2.05, 4.69) is 4.98 Å². The molecule has 1 aromatic heterocycles. The monoisotopic (exact) mass is 296 g/mol. The number of carboxylic acids is 1. The van der Waals surface area contributed by atoms with E-state index >= 15 is 0 Å². The van der Waals surface area contributed by atoms with Crippen molar-refractivity contribution in [2.24, 2.45) is 5.92 Å². The molecule has 0 spiro atoms. The minimum atomic E-state index is -0.851. The first-order valence-corrected chi connectivity index (χ1v) is 7.13. The van der Waals surface area contributed by atoms with Gasteiger partial charge in [0.25, 0.3) is 0 Å². The van der Waals surface area contributed by atoms with Crippen LogP contribution in [0.1, 0.15) is 43.3 Å². The Balaban J connectivity index is 3.34. The molecule has 118 valence electrons. The molecule has 6 nitrogen and oxygen atoms in total. The van der Waals surface area contributed by atoms with E-state index in [1.807, 2.05) is 13.8 Å². The smallest absolute Gasteiger partial charge is 0.348 e. The highest BCUT2D eigenvalue weighted by Gasteiger charge is 2.21. The number of ether oxygens (including phenoxy) is 1. The van der Waals surface area contributed by atoms with Gasteiger partial charge in [0.15, 0.2) is 0 Å². The standard InChI is InChI=1S/C15H24N2O4/c1-6-12(8-21-5)17-11(4)13(7-9(2)14(18)19)10(3)16-15(17)20/h9,12H,6-8H2,1-5H3,(H,18,19). The average molecular weight is 296 g/mol. The van der Waals surface area contributed by atoms with Crippen LogP contribution in [0.15, 0.2) is 4.79 Å². The first-order valence-electron chi connectivity index (χ1n) is 7.13. The first-order chi connectivity index (χ1) is 9.83. The summed E-state index contributed by atoms with van der Waals surface area (Å²) < 4.78 is 6.79. The van der Waals surface area contributed by atoms with Crippen LogP contribution < -0.4 is 5.69 Å². The van der Waals surface area contributed by atoms with E-state index in [0.29, 0.717) is 18.7 Å². The fraction of sp³-hybridized carbons (Fsp3) is 0.667. The van der Waals surface area contributed by atoms with E-state index < -0.39 is 11.9 Å². The fourth-order valence-corrected chi connectivity index (χ4v) is 2.50. The summed E-state index contributed by atoms with van der Waals surface area (Å²) in [7, 11) is 1.60. The van der Waals surface area contributed by atoms with Gasteiger partial charge in [-0.1, -0.05) is 13.8 Å². The molecular weight excluding hydrogens is 272 g/mol. The van der Waals surface area contributed by atoms with Gasteiger partial charge in [-0.25, -0.2) is 4.79 Å². The average Bonchev–Trinajstić information content (AvgIpc) is 2.41. The van der Waals surface area contributed by atoms with E-state index in [1.54, 1.807) is 25.5 Å². The molecule has 21 heavy (non-hydrogen) atoms. The van der Waals surface area contributed by atoms with E-state index in [4.69, 9.17) is 9.84 Å². The number of methoxy groups -OCH3 is 1. The molecule has 0 aromatic carbocycles. The van der Waals surface area contributed by atoms with Crippen molar-refractivity contribution in [2.75, 3.05) is 13.7 Å². The molecule has 0 amide bonds. The van der Waals surface area contributed by atoms with E-state index in [0.717, 1.165) is 17.7 Å². The molecule has 0 saturated heterocycles. The molecule has 6 heteroatoms. The molecule has 1 N–H and O–H groups in total. The Labute approximate surface area is 124 Å². The zero-order valence-corrected chi connectivity index (χ0v) is 13.3. The predicted molar refractivity (Wildman–Crippen MR) is 79.7 cm³/mol. The van der Waals surface area contributed by atoms with Gasteiger partial charge >= 0.3 is 11.7 Å². The summed E-state index contributed by atoms with van der Waals surface area (Å²) in [6.07, 6.45) is 1.11. The number of hydrogen-bond donors (Lipinski definition) is 1. The number of carboxylic acid groups (broad SMARTS) is 1. The van der Waals surface area contributed by atoms with Crippen LogP contribution >= 0.6 is 0 Å². The molecule has 0 aliphatic carbocycles. The van der Waals surface area contributed by atoms with Crippen molar-refractivity contribution in [3.8, 4) is 0 Å². The lowest BCUT2D eigenvalue weighted by Gasteiger charge is -2.23. The quantitative estimate of drug-likeness (QED) is 0.828. The normalized spacial score (nSPS) is 14.0. The zero-order valence-electron chi connectivity index (χ0n) is 13.3. The lowest BCUT2D eigenvalue weighted by Crippen LogP contribution is -2.33. The topological polar surface area (TPSA) is 81.4 Å². The molecule has 2 unspecified atom stereocenters. The van der Waals surface area contributed by atoms with Crippen molar-refractivity contribution >= 4 is 5.97 Å². The highest BCUT2D eigenvalue weighted by Crippen LogP contribution is 2.19. The summed E-state index contributed by atoms with van der Waals surface area (Å²) in [6.45, 7) is 7.66. The third-order valence-corrected chi connectivity index (χ3v) is 3.83. The lowest BCUT2D eigenvalue weighted by molar-refractivity contribution is -0.141. The third-order valence-electron chi connectivity index (χ3n) is 3.83. The van der Waals surface area contributed by atoms with Gasteiger partial charge < -0.3 is 9.84 Å². The highest BCUT2D eigenvalue weighted by molar-refractivity contribution is 5.70. The van der Waals surface area contributed by atoms with Crippen LogP contribution in [0.4, 0.5) is 0 Å². The molecular formula is C15H24N2O4. The second-order valence-electron chi connectivity index (χ2n) is 5.37. The van der Waals surface area contributed by atoms with Gasteiger partial charge in [0.05, 0.1) is 18.6 Å². The Morgan fingerprint density at radius 1 is 1.43 bits per heavy atom. The SMILES string of the molecule is CCC(COC)n1c(C)c(CC(C)C(=O)O)c(C)nc1=O. The number of aliphatic carboxylic acids is 1. The first kappa shape index (κ1) is 17.4. The van der Waals surface area contributed by atoms with Crippen LogP contribution in [0.3, 0.4) is 0 Å². The summed E-state index contributed by atoms with van der Waals surface area (Å²) >= 11 is 0. The summed E-state index contributed by atoms with van der Waals surface area (Å²) in [5.41, 5.74) is 1.92. The van der Waals surface area contributed by atoms with Crippen molar-refractivity contribution in [2.45, 2.75) is 46.6 Å².